The number of oxazole rings is 1. The molecular weight excluding hydrogens is 356 g/mol. The zero-order valence-electron chi connectivity index (χ0n) is 15.3. The Kier molecular flexibility index (Phi) is 4.96. The highest BCUT2D eigenvalue weighted by atomic mass is 32.2. The Morgan fingerprint density at radius 2 is 2.08 bits per heavy atom. The van der Waals surface area contributed by atoms with Gasteiger partial charge in [-0.2, -0.15) is 4.98 Å². The van der Waals surface area contributed by atoms with E-state index in [-0.39, 0.29) is 16.9 Å². The second-order valence-electron chi connectivity index (χ2n) is 7.66. The monoisotopic (exact) mass is 380 g/mol. The smallest absolute Gasteiger partial charge is 0.410 e. The summed E-state index contributed by atoms with van der Waals surface area (Å²) < 4.78 is 36.2. The van der Waals surface area contributed by atoms with Crippen LogP contribution in [-0.2, 0) is 14.6 Å². The Bertz CT molecular complexity index is 865. The van der Waals surface area contributed by atoms with E-state index in [2.05, 4.69) is 4.98 Å². The molecule has 26 heavy (non-hydrogen) atoms. The molecule has 1 aromatic heterocycles. The number of hydrogen-bond donors (Lipinski definition) is 0. The lowest BCUT2D eigenvalue weighted by Crippen LogP contribution is -2.44. The molecule has 0 bridgehead atoms. The third-order valence-corrected chi connectivity index (χ3v) is 5.78. The van der Waals surface area contributed by atoms with Crippen molar-refractivity contribution in [2.75, 3.05) is 18.8 Å². The van der Waals surface area contributed by atoms with Crippen LogP contribution in [0.1, 0.15) is 33.6 Å². The Morgan fingerprint density at radius 1 is 1.35 bits per heavy atom. The van der Waals surface area contributed by atoms with Crippen LogP contribution in [0.4, 0.5) is 4.79 Å². The van der Waals surface area contributed by atoms with Gasteiger partial charge in [0.25, 0.3) is 0 Å². The summed E-state index contributed by atoms with van der Waals surface area (Å²) in [5.41, 5.74) is 0.393. The normalized spacial score (nSPS) is 18.9. The van der Waals surface area contributed by atoms with Gasteiger partial charge >= 0.3 is 11.3 Å². The molecule has 2 aromatic rings. The maximum atomic E-state index is 12.7. The van der Waals surface area contributed by atoms with Gasteiger partial charge in [-0.25, -0.2) is 13.2 Å². The first kappa shape index (κ1) is 18.7. The lowest BCUT2D eigenvalue weighted by molar-refractivity contribution is 0.0176. The molecule has 3 rings (SSSR count). The Labute approximate surface area is 153 Å². The first-order valence-corrected chi connectivity index (χ1v) is 10.4. The molecule has 1 saturated heterocycles. The average molecular weight is 380 g/mol. The van der Waals surface area contributed by atoms with Crippen molar-refractivity contribution < 1.29 is 22.4 Å². The highest BCUT2D eigenvalue weighted by molar-refractivity contribution is 7.91. The molecule has 0 aliphatic carbocycles. The molecule has 0 saturated carbocycles. The van der Waals surface area contributed by atoms with Crippen LogP contribution in [0.5, 0.6) is 0 Å². The number of rotatable bonds is 3. The number of carbonyl (C=O) groups is 1. The zero-order valence-corrected chi connectivity index (χ0v) is 16.1. The number of likely N-dealkylation sites (tertiary alicyclic amines) is 1. The molecule has 1 unspecified atom stereocenters. The molecule has 0 N–H and O–H groups in total. The van der Waals surface area contributed by atoms with E-state index < -0.39 is 21.5 Å². The van der Waals surface area contributed by atoms with Gasteiger partial charge < -0.3 is 14.1 Å². The average Bonchev–Trinajstić information content (AvgIpc) is 2.98. The zero-order chi connectivity index (χ0) is 18.9. The van der Waals surface area contributed by atoms with E-state index in [9.17, 15) is 13.2 Å². The van der Waals surface area contributed by atoms with Crippen molar-refractivity contribution in [3.63, 3.8) is 0 Å². The second kappa shape index (κ2) is 6.90. The number of sulfone groups is 1. The van der Waals surface area contributed by atoms with E-state index in [0.29, 0.717) is 24.2 Å². The highest BCUT2D eigenvalue weighted by Crippen LogP contribution is 2.25. The predicted octanol–water partition coefficient (Wildman–Crippen LogP) is 3.25. The Morgan fingerprint density at radius 3 is 2.77 bits per heavy atom. The van der Waals surface area contributed by atoms with Crippen molar-refractivity contribution in [3.05, 3.63) is 24.3 Å². The predicted molar refractivity (Wildman–Crippen MR) is 96.6 cm³/mol. The maximum Gasteiger partial charge on any atom is 0.410 e. The van der Waals surface area contributed by atoms with Crippen LogP contribution < -0.4 is 0 Å². The molecule has 7 nitrogen and oxygen atoms in total. The number of para-hydroxylation sites is 2. The third kappa shape index (κ3) is 4.35. The molecular formula is C18H24N2O5S. The fraction of sp³-hybridized carbons (Fsp3) is 0.556. The summed E-state index contributed by atoms with van der Waals surface area (Å²) in [6, 6.07) is 6.94. The number of hydrogen-bond acceptors (Lipinski definition) is 6. The molecule has 0 spiro atoms. The quantitative estimate of drug-likeness (QED) is 0.812. The van der Waals surface area contributed by atoms with Crippen LogP contribution in [0.15, 0.2) is 33.9 Å². The van der Waals surface area contributed by atoms with Crippen LogP contribution in [0, 0.1) is 5.92 Å². The van der Waals surface area contributed by atoms with E-state index in [4.69, 9.17) is 9.15 Å². The summed E-state index contributed by atoms with van der Waals surface area (Å²) in [5, 5.41) is -0.256. The van der Waals surface area contributed by atoms with Gasteiger partial charge in [0.2, 0.25) is 9.84 Å². The number of aromatic nitrogens is 1. The molecule has 2 heterocycles. The highest BCUT2D eigenvalue weighted by Gasteiger charge is 2.32. The lowest BCUT2D eigenvalue weighted by atomic mass is 10.0. The molecule has 1 amide bonds. The van der Waals surface area contributed by atoms with Crippen molar-refractivity contribution >= 4 is 27.0 Å². The number of piperidine rings is 1. The molecule has 1 aliphatic heterocycles. The summed E-state index contributed by atoms with van der Waals surface area (Å²) in [6.45, 7) is 6.36. The van der Waals surface area contributed by atoms with Crippen molar-refractivity contribution in [1.29, 1.82) is 0 Å². The Balaban J connectivity index is 1.70. The van der Waals surface area contributed by atoms with Crippen LogP contribution in [0.25, 0.3) is 11.1 Å². The SMILES string of the molecule is CC(C)(C)OC(=O)N1CCCC(CS(=O)(=O)c2nc3ccccc3o2)C1. The van der Waals surface area contributed by atoms with Gasteiger partial charge in [-0.15, -0.1) is 0 Å². The van der Waals surface area contributed by atoms with Crippen LogP contribution in [0.2, 0.25) is 0 Å². The van der Waals surface area contributed by atoms with E-state index in [0.717, 1.165) is 12.8 Å². The van der Waals surface area contributed by atoms with Gasteiger partial charge in [0.15, 0.2) is 5.58 Å². The van der Waals surface area contributed by atoms with Gasteiger partial charge in [0.05, 0.1) is 5.75 Å². The van der Waals surface area contributed by atoms with E-state index >= 15 is 0 Å². The van der Waals surface area contributed by atoms with E-state index in [1.165, 1.54) is 0 Å². The minimum atomic E-state index is -3.66. The largest absolute Gasteiger partial charge is 0.444 e. The fourth-order valence-corrected chi connectivity index (χ4v) is 4.55. The van der Waals surface area contributed by atoms with Gasteiger partial charge in [0, 0.05) is 13.1 Å². The number of benzene rings is 1. The summed E-state index contributed by atoms with van der Waals surface area (Å²) >= 11 is 0. The number of amides is 1. The second-order valence-corrected chi connectivity index (χ2v) is 9.58. The number of ether oxygens (including phenoxy) is 1. The summed E-state index contributed by atoms with van der Waals surface area (Å²) in [7, 11) is -3.66. The van der Waals surface area contributed by atoms with Gasteiger partial charge in [-0.3, -0.25) is 0 Å². The summed E-state index contributed by atoms with van der Waals surface area (Å²) in [4.78, 5) is 17.9. The van der Waals surface area contributed by atoms with Crippen LogP contribution >= 0.6 is 0 Å². The standard InChI is InChI=1S/C18H24N2O5S/c1-18(2,3)25-17(21)20-10-6-7-13(11-20)12-26(22,23)16-19-14-8-4-5-9-15(14)24-16/h4-5,8-9,13H,6-7,10-12H2,1-3H3. The van der Waals surface area contributed by atoms with E-state index in [1.54, 1.807) is 29.2 Å². The molecule has 1 aromatic carbocycles. The first-order chi connectivity index (χ1) is 12.1. The number of fused-ring (bicyclic) bond motifs is 1. The molecule has 8 heteroatoms. The van der Waals surface area contributed by atoms with Crippen molar-refractivity contribution in [2.24, 2.45) is 5.92 Å². The van der Waals surface area contributed by atoms with Crippen molar-refractivity contribution in [2.45, 2.75) is 44.4 Å². The van der Waals surface area contributed by atoms with Gasteiger partial charge in [-0.1, -0.05) is 12.1 Å². The molecule has 1 fully saturated rings. The third-order valence-electron chi connectivity index (χ3n) is 4.17. The molecule has 142 valence electrons. The van der Waals surface area contributed by atoms with Gasteiger partial charge in [0.1, 0.15) is 11.1 Å². The first-order valence-electron chi connectivity index (χ1n) is 8.70. The fourth-order valence-electron chi connectivity index (χ4n) is 3.06. The lowest BCUT2D eigenvalue weighted by Gasteiger charge is -2.33. The van der Waals surface area contributed by atoms with E-state index in [1.807, 2.05) is 20.8 Å². The topological polar surface area (TPSA) is 89.7 Å². The van der Waals surface area contributed by atoms with Gasteiger partial charge in [-0.05, 0) is 51.7 Å². The molecule has 1 atom stereocenters. The molecule has 0 radical (unpaired) electrons. The summed E-state index contributed by atoms with van der Waals surface area (Å²) in [5.74, 6) is -0.268. The molecule has 1 aliphatic rings. The summed E-state index contributed by atoms with van der Waals surface area (Å²) in [6.07, 6.45) is 1.08. The number of carbonyl (C=O) groups excluding carboxylic acids is 1. The minimum Gasteiger partial charge on any atom is -0.444 e. The van der Waals surface area contributed by atoms with Crippen LogP contribution in [0.3, 0.4) is 0 Å². The maximum absolute atomic E-state index is 12.7. The Hall–Kier alpha value is -2.09. The number of nitrogens with zero attached hydrogens (tertiary/aromatic N) is 2. The van der Waals surface area contributed by atoms with Crippen molar-refractivity contribution in [1.82, 2.24) is 9.88 Å². The minimum absolute atomic E-state index is 0.0981. The van der Waals surface area contributed by atoms with Crippen molar-refractivity contribution in [3.8, 4) is 0 Å². The van der Waals surface area contributed by atoms with Crippen LogP contribution in [-0.4, -0.2) is 48.8 Å².